The van der Waals surface area contributed by atoms with Gasteiger partial charge in [0.1, 0.15) is 17.2 Å². The van der Waals surface area contributed by atoms with E-state index in [0.717, 1.165) is 64.6 Å². The molecule has 12 aromatic carbocycles. The fourth-order valence-electron chi connectivity index (χ4n) is 9.77. The minimum absolute atomic E-state index is 0.103. The molecule has 0 aromatic heterocycles. The summed E-state index contributed by atoms with van der Waals surface area (Å²) in [6.07, 6.45) is 0. The third-order valence-electron chi connectivity index (χ3n) is 12.8. The zero-order valence-electron chi connectivity index (χ0n) is 35.9. The number of aromatic hydroxyl groups is 3. The van der Waals surface area contributed by atoms with Crippen molar-refractivity contribution in [1.29, 1.82) is 0 Å². The van der Waals surface area contributed by atoms with Crippen molar-refractivity contribution in [2.75, 3.05) is 0 Å². The highest BCUT2D eigenvalue weighted by atomic mass is 27.3. The van der Waals surface area contributed by atoms with Crippen LogP contribution in [0.25, 0.3) is 98.0 Å². The van der Waals surface area contributed by atoms with Gasteiger partial charge in [-0.25, -0.2) is 0 Å². The zero-order chi connectivity index (χ0) is 45.0. The molecule has 318 valence electrons. The van der Waals surface area contributed by atoms with E-state index in [1.54, 1.807) is 18.2 Å². The molecule has 0 atom stereocenters. The van der Waals surface area contributed by atoms with Crippen LogP contribution in [0.2, 0.25) is 0 Å². The summed E-state index contributed by atoms with van der Waals surface area (Å²) >= 11 is -3.59. The van der Waals surface area contributed by atoms with Gasteiger partial charge in [-0.1, -0.05) is 182 Å². The number of hydrogen-bond donors (Lipinski definition) is 3. The van der Waals surface area contributed by atoms with Crippen molar-refractivity contribution in [1.82, 2.24) is 0 Å². The van der Waals surface area contributed by atoms with E-state index in [4.69, 9.17) is 11.4 Å². The molecule has 6 nitrogen and oxygen atoms in total. The number of phenolic OH excluding ortho intramolecular Hbond substituents is 3. The first-order valence-electron chi connectivity index (χ1n) is 22.2. The van der Waals surface area contributed by atoms with E-state index in [9.17, 15) is 15.3 Å². The average molecular weight is 883 g/mol. The van der Waals surface area contributed by atoms with Crippen LogP contribution in [0.15, 0.2) is 218 Å². The average Bonchev–Trinajstić information content (AvgIpc) is 3.37. The Bertz CT molecular complexity index is 3520. The molecule has 0 unspecified atom stereocenters. The lowest BCUT2D eigenvalue weighted by molar-refractivity contribution is 0.309. The topological polar surface area (TPSA) is 88.4 Å². The van der Waals surface area contributed by atoms with Crippen molar-refractivity contribution in [3.05, 3.63) is 218 Å². The lowest BCUT2D eigenvalue weighted by Gasteiger charge is -2.24. The molecule has 0 saturated heterocycles. The number of rotatable bonds is 9. The van der Waals surface area contributed by atoms with Crippen LogP contribution in [-0.4, -0.2) is 30.5 Å². The molecule has 0 aliphatic rings. The summed E-state index contributed by atoms with van der Waals surface area (Å²) in [7, 11) is 0. The Morgan fingerprint density at radius 3 is 0.687 bits per heavy atom. The van der Waals surface area contributed by atoms with Crippen LogP contribution in [0.3, 0.4) is 0 Å². The first-order valence-corrected chi connectivity index (χ1v) is 23.6. The van der Waals surface area contributed by atoms with Crippen LogP contribution >= 0.6 is 0 Å². The van der Waals surface area contributed by atoms with E-state index in [-0.39, 0.29) is 17.2 Å². The van der Waals surface area contributed by atoms with Gasteiger partial charge >= 0.3 is 15.1 Å². The van der Waals surface area contributed by atoms with E-state index in [1.807, 2.05) is 200 Å². The third-order valence-corrected chi connectivity index (χ3v) is 14.2. The Morgan fingerprint density at radius 1 is 0.224 bits per heavy atom. The second-order valence-electron chi connectivity index (χ2n) is 16.7. The molecule has 0 amide bonds. The molecule has 12 rings (SSSR count). The van der Waals surface area contributed by atoms with Crippen LogP contribution in [-0.2, 0) is 0 Å². The molecule has 0 bridgehead atoms. The first kappa shape index (κ1) is 40.1. The molecule has 0 aliphatic carbocycles. The number of benzene rings is 12. The fourth-order valence-corrected chi connectivity index (χ4v) is 11.1. The molecule has 12 aromatic rings. The van der Waals surface area contributed by atoms with Crippen LogP contribution < -0.4 is 11.4 Å². The van der Waals surface area contributed by atoms with Gasteiger partial charge in [-0.2, -0.15) is 0 Å². The highest BCUT2D eigenvalue weighted by Gasteiger charge is 2.47. The molecule has 0 spiro atoms. The van der Waals surface area contributed by atoms with Crippen LogP contribution in [0.4, 0.5) is 0 Å². The Hall–Kier alpha value is -8.47. The maximum absolute atomic E-state index is 11.8. The Labute approximate surface area is 390 Å². The third kappa shape index (κ3) is 6.97. The molecular weight excluding hydrogens is 844 g/mol. The quantitative estimate of drug-likeness (QED) is 0.125. The first-order chi connectivity index (χ1) is 33.0. The monoisotopic (exact) mass is 882 g/mol. The van der Waals surface area contributed by atoms with Gasteiger partial charge in [0.05, 0.1) is 17.2 Å². The highest BCUT2D eigenvalue weighted by molar-refractivity contribution is 6.40. The van der Waals surface area contributed by atoms with Crippen molar-refractivity contribution in [2.45, 2.75) is 0 Å². The van der Waals surface area contributed by atoms with E-state index in [0.29, 0.717) is 50.6 Å². The van der Waals surface area contributed by atoms with Gasteiger partial charge in [-0.15, -0.1) is 0 Å². The normalized spacial score (nSPS) is 11.5. The number of hydrogen-bond acceptors (Lipinski definition) is 6. The summed E-state index contributed by atoms with van der Waals surface area (Å²) in [5.41, 5.74) is 3.93. The number of fused-ring (bicyclic) bond motifs is 6. The molecule has 0 saturated carbocycles. The van der Waals surface area contributed by atoms with Crippen molar-refractivity contribution in [3.8, 4) is 67.9 Å². The Kier molecular flexibility index (Phi) is 9.87. The van der Waals surface area contributed by atoms with E-state index in [1.165, 1.54) is 0 Å². The lowest BCUT2D eigenvalue weighted by Crippen LogP contribution is -2.37. The predicted molar refractivity (Wildman–Crippen MR) is 273 cm³/mol. The van der Waals surface area contributed by atoms with Crippen molar-refractivity contribution >= 4 is 79.8 Å². The fraction of sp³-hybridized carbons (Fsp3) is 0. The molecule has 67 heavy (non-hydrogen) atoms. The van der Waals surface area contributed by atoms with Crippen LogP contribution in [0.5, 0.6) is 34.5 Å². The van der Waals surface area contributed by atoms with Gasteiger partial charge in [0.25, 0.3) is 0 Å². The summed E-state index contributed by atoms with van der Waals surface area (Å²) in [6.45, 7) is 0. The summed E-state index contributed by atoms with van der Waals surface area (Å²) in [5.74, 6) is 1.66. The Balaban J connectivity index is 1.12. The zero-order valence-corrected chi connectivity index (χ0v) is 37.1. The smallest absolute Gasteiger partial charge is 0.577 e. The lowest BCUT2D eigenvalue weighted by atomic mass is 9.92. The van der Waals surface area contributed by atoms with Gasteiger partial charge < -0.3 is 26.7 Å². The molecule has 0 fully saturated rings. The molecule has 0 aliphatic heterocycles. The summed E-state index contributed by atoms with van der Waals surface area (Å²) in [6, 6.07) is 70.8. The maximum atomic E-state index is 11.8. The van der Waals surface area contributed by atoms with Gasteiger partial charge in [0.15, 0.2) is 0 Å². The van der Waals surface area contributed by atoms with Crippen molar-refractivity contribution in [3.63, 3.8) is 0 Å². The van der Waals surface area contributed by atoms with Crippen LogP contribution in [0.1, 0.15) is 0 Å². The molecule has 3 N–H and O–H groups in total. The van der Waals surface area contributed by atoms with Crippen molar-refractivity contribution < 1.29 is 26.7 Å². The Morgan fingerprint density at radius 2 is 0.433 bits per heavy atom. The van der Waals surface area contributed by atoms with Gasteiger partial charge in [-0.05, 0) is 101 Å². The second-order valence-corrected chi connectivity index (χ2v) is 17.9. The number of phenols is 3. The summed E-state index contributed by atoms with van der Waals surface area (Å²) in [5, 5.41) is 46.5. The van der Waals surface area contributed by atoms with Gasteiger partial charge in [-0.3, -0.25) is 0 Å². The van der Waals surface area contributed by atoms with Gasteiger partial charge in [0.2, 0.25) is 0 Å². The molecular formula is C60H39AlO6. The van der Waals surface area contributed by atoms with Crippen LogP contribution in [0, 0.1) is 0 Å². The molecule has 7 heteroatoms. The van der Waals surface area contributed by atoms with E-state index in [2.05, 4.69) is 0 Å². The largest absolute Gasteiger partial charge is 1.20 e. The maximum Gasteiger partial charge on any atom is 1.20 e. The van der Waals surface area contributed by atoms with Crippen molar-refractivity contribution in [2.24, 2.45) is 0 Å². The minimum Gasteiger partial charge on any atom is -0.577 e. The van der Waals surface area contributed by atoms with E-state index >= 15 is 0 Å². The summed E-state index contributed by atoms with van der Waals surface area (Å²) < 4.78 is 22.0. The predicted octanol–water partition coefficient (Wildman–Crippen LogP) is 15.2. The molecule has 0 heterocycles. The highest BCUT2D eigenvalue weighted by Crippen LogP contribution is 2.49. The summed E-state index contributed by atoms with van der Waals surface area (Å²) in [4.78, 5) is 0. The molecule has 0 radical (unpaired) electrons. The van der Waals surface area contributed by atoms with Gasteiger partial charge in [0, 0.05) is 33.4 Å². The SMILES string of the molecule is Oc1ccc2ccccc2c1-c1c([O][Al]([O]c2ccc3ccccc3c2-c2c(O)ccc3ccccc23)[O]c2ccc3ccccc3c2-c2c(O)ccc3ccccc23)ccc2ccccc12. The van der Waals surface area contributed by atoms with E-state index < -0.39 is 15.1 Å². The standard InChI is InChI=1S/3C20H14O2.Al/c3*21-17-11-9-13-5-1-3-7-15(13)19(17)20-16-8-4-2-6-14(16)10-12-18(20)22;/h3*1-12,21-22H;/q;;;+3/p-3. The minimum atomic E-state index is -3.59. The second kappa shape index (κ2) is 16.5.